The van der Waals surface area contributed by atoms with E-state index in [0.29, 0.717) is 6.42 Å². The molecule has 0 radical (unpaired) electrons. The molecular weight excluding hydrogens is 146 g/mol. The Bertz CT molecular complexity index is 94.2. The predicted molar refractivity (Wildman–Crippen MR) is 43.9 cm³/mol. The minimum absolute atomic E-state index is 0.464. The molecule has 1 atom stereocenters. The number of hydrogen-bond donors (Lipinski definition) is 0. The highest BCUT2D eigenvalue weighted by Gasteiger charge is 2.28. The lowest BCUT2D eigenvalue weighted by Gasteiger charge is -2.18. The van der Waals surface area contributed by atoms with Crippen molar-refractivity contribution < 1.29 is 8.78 Å². The van der Waals surface area contributed by atoms with Gasteiger partial charge in [0, 0.05) is 5.92 Å². The van der Waals surface area contributed by atoms with E-state index < -0.39 is 11.8 Å². The molecule has 0 rings (SSSR count). The van der Waals surface area contributed by atoms with Crippen molar-refractivity contribution in [1.82, 2.24) is 0 Å². The van der Waals surface area contributed by atoms with Gasteiger partial charge in [0.1, 0.15) is 0 Å². The van der Waals surface area contributed by atoms with Gasteiger partial charge in [0.2, 0.25) is 5.92 Å². The van der Waals surface area contributed by atoms with Crippen molar-refractivity contribution in [2.45, 2.75) is 52.4 Å². The number of rotatable bonds is 5. The first-order valence-corrected chi connectivity index (χ1v) is 4.36. The van der Waals surface area contributed by atoms with Crippen molar-refractivity contribution >= 4 is 0 Å². The van der Waals surface area contributed by atoms with Gasteiger partial charge in [-0.2, -0.15) is 0 Å². The SMILES string of the molecule is CCCCC[C@H](C)C(C)(F)F. The van der Waals surface area contributed by atoms with Crippen molar-refractivity contribution in [3.63, 3.8) is 0 Å². The summed E-state index contributed by atoms with van der Waals surface area (Å²) in [6, 6.07) is 0. The first kappa shape index (κ1) is 10.9. The van der Waals surface area contributed by atoms with Crippen LogP contribution in [0.3, 0.4) is 0 Å². The van der Waals surface area contributed by atoms with E-state index >= 15 is 0 Å². The monoisotopic (exact) mass is 164 g/mol. The third-order valence-electron chi connectivity index (χ3n) is 2.11. The number of hydrogen-bond acceptors (Lipinski definition) is 0. The van der Waals surface area contributed by atoms with Crippen LogP contribution >= 0.6 is 0 Å². The molecular formula is C9H18F2. The van der Waals surface area contributed by atoms with E-state index in [1.54, 1.807) is 6.92 Å². The average Bonchev–Trinajstić information content (AvgIpc) is 1.86. The lowest BCUT2D eigenvalue weighted by Crippen LogP contribution is -2.21. The van der Waals surface area contributed by atoms with Gasteiger partial charge < -0.3 is 0 Å². The second-order valence-electron chi connectivity index (χ2n) is 3.35. The van der Waals surface area contributed by atoms with Gasteiger partial charge in [-0.05, 0) is 13.3 Å². The minimum Gasteiger partial charge on any atom is -0.207 e. The Morgan fingerprint density at radius 2 is 1.82 bits per heavy atom. The van der Waals surface area contributed by atoms with Crippen LogP contribution < -0.4 is 0 Å². The summed E-state index contributed by atoms with van der Waals surface area (Å²) in [5.74, 6) is -2.96. The topological polar surface area (TPSA) is 0 Å². The molecule has 0 aliphatic carbocycles. The number of alkyl halides is 2. The summed E-state index contributed by atoms with van der Waals surface area (Å²) in [5, 5.41) is 0. The molecule has 0 saturated heterocycles. The number of unbranched alkanes of at least 4 members (excludes halogenated alkanes) is 2. The molecule has 0 saturated carbocycles. The quantitative estimate of drug-likeness (QED) is 0.541. The fraction of sp³-hybridized carbons (Fsp3) is 1.00. The molecule has 0 aliphatic rings. The standard InChI is InChI=1S/C9H18F2/c1-4-5-6-7-8(2)9(3,10)11/h8H,4-7H2,1-3H3/t8-/m0/s1. The van der Waals surface area contributed by atoms with E-state index in [9.17, 15) is 8.78 Å². The smallest absolute Gasteiger partial charge is 0.207 e. The molecule has 0 aromatic rings. The first-order chi connectivity index (χ1) is 4.98. The van der Waals surface area contributed by atoms with Gasteiger partial charge in [-0.1, -0.05) is 33.1 Å². The van der Waals surface area contributed by atoms with Crippen LogP contribution in [0.25, 0.3) is 0 Å². The summed E-state index contributed by atoms with van der Waals surface area (Å²) in [4.78, 5) is 0. The van der Waals surface area contributed by atoms with Crippen molar-refractivity contribution in [3.05, 3.63) is 0 Å². The fourth-order valence-electron chi connectivity index (χ4n) is 0.954. The Morgan fingerprint density at radius 3 is 2.18 bits per heavy atom. The lowest BCUT2D eigenvalue weighted by atomic mass is 9.98. The average molecular weight is 164 g/mol. The van der Waals surface area contributed by atoms with E-state index in [1.165, 1.54) is 0 Å². The van der Waals surface area contributed by atoms with Gasteiger partial charge in [0.25, 0.3) is 0 Å². The zero-order chi connectivity index (χ0) is 8.91. The lowest BCUT2D eigenvalue weighted by molar-refractivity contribution is -0.0360. The molecule has 0 nitrogen and oxygen atoms in total. The zero-order valence-electron chi connectivity index (χ0n) is 7.66. The van der Waals surface area contributed by atoms with Crippen molar-refractivity contribution in [1.29, 1.82) is 0 Å². The molecule has 0 fully saturated rings. The Balaban J connectivity index is 3.44. The highest BCUT2D eigenvalue weighted by atomic mass is 19.3. The largest absolute Gasteiger partial charge is 0.247 e. The summed E-state index contributed by atoms with van der Waals surface area (Å²) in [6.45, 7) is 4.70. The van der Waals surface area contributed by atoms with Crippen LogP contribution in [-0.4, -0.2) is 5.92 Å². The van der Waals surface area contributed by atoms with E-state index in [2.05, 4.69) is 6.92 Å². The molecule has 0 amide bonds. The molecule has 0 aromatic heterocycles. The molecule has 0 spiro atoms. The molecule has 0 aromatic carbocycles. The normalized spacial score (nSPS) is 15.0. The highest BCUT2D eigenvalue weighted by Crippen LogP contribution is 2.27. The van der Waals surface area contributed by atoms with Crippen LogP contribution in [0.4, 0.5) is 8.78 Å². The third kappa shape index (κ3) is 5.16. The molecule has 0 aliphatic heterocycles. The van der Waals surface area contributed by atoms with Gasteiger partial charge in [-0.15, -0.1) is 0 Å². The maximum Gasteiger partial charge on any atom is 0.247 e. The molecule has 0 N–H and O–H groups in total. The minimum atomic E-state index is -2.49. The van der Waals surface area contributed by atoms with E-state index in [-0.39, 0.29) is 0 Å². The van der Waals surface area contributed by atoms with Gasteiger partial charge in [-0.3, -0.25) is 0 Å². The van der Waals surface area contributed by atoms with Gasteiger partial charge in [0.15, 0.2) is 0 Å². The van der Waals surface area contributed by atoms with E-state index in [0.717, 1.165) is 26.2 Å². The van der Waals surface area contributed by atoms with Crippen molar-refractivity contribution in [2.75, 3.05) is 0 Å². The molecule has 0 bridgehead atoms. The van der Waals surface area contributed by atoms with Gasteiger partial charge >= 0.3 is 0 Å². The predicted octanol–water partition coefficient (Wildman–Crippen LogP) is 3.86. The first-order valence-electron chi connectivity index (χ1n) is 4.36. The van der Waals surface area contributed by atoms with Crippen LogP contribution in [0.5, 0.6) is 0 Å². The van der Waals surface area contributed by atoms with Crippen molar-refractivity contribution in [2.24, 2.45) is 5.92 Å². The summed E-state index contributed by atoms with van der Waals surface area (Å²) in [7, 11) is 0. The summed E-state index contributed by atoms with van der Waals surface area (Å²) < 4.78 is 25.1. The summed E-state index contributed by atoms with van der Waals surface area (Å²) in [6.07, 6.45) is 3.75. The van der Waals surface area contributed by atoms with Crippen LogP contribution in [0.15, 0.2) is 0 Å². The zero-order valence-corrected chi connectivity index (χ0v) is 7.66. The summed E-state index contributed by atoms with van der Waals surface area (Å²) in [5.41, 5.74) is 0. The maximum atomic E-state index is 12.5. The summed E-state index contributed by atoms with van der Waals surface area (Å²) >= 11 is 0. The fourth-order valence-corrected chi connectivity index (χ4v) is 0.954. The number of halogens is 2. The van der Waals surface area contributed by atoms with E-state index in [1.807, 2.05) is 0 Å². The van der Waals surface area contributed by atoms with Crippen molar-refractivity contribution in [3.8, 4) is 0 Å². The Morgan fingerprint density at radius 1 is 1.27 bits per heavy atom. The van der Waals surface area contributed by atoms with Crippen LogP contribution in [0, 0.1) is 5.92 Å². The van der Waals surface area contributed by atoms with Gasteiger partial charge in [-0.25, -0.2) is 8.78 Å². The molecule has 2 heteroatoms. The Hall–Kier alpha value is -0.140. The molecule has 11 heavy (non-hydrogen) atoms. The Kier molecular flexibility index (Phi) is 4.62. The molecule has 68 valence electrons. The van der Waals surface area contributed by atoms with E-state index in [4.69, 9.17) is 0 Å². The van der Waals surface area contributed by atoms with Gasteiger partial charge in [0.05, 0.1) is 0 Å². The maximum absolute atomic E-state index is 12.5. The highest BCUT2D eigenvalue weighted by molar-refractivity contribution is 4.67. The van der Waals surface area contributed by atoms with Crippen LogP contribution in [-0.2, 0) is 0 Å². The second-order valence-corrected chi connectivity index (χ2v) is 3.35. The van der Waals surface area contributed by atoms with Crippen LogP contribution in [0.1, 0.15) is 46.5 Å². The van der Waals surface area contributed by atoms with Crippen LogP contribution in [0.2, 0.25) is 0 Å². The third-order valence-corrected chi connectivity index (χ3v) is 2.11. The second kappa shape index (κ2) is 4.68. The molecule has 0 unspecified atom stereocenters. The Labute approximate surface area is 68.0 Å². The molecule has 0 heterocycles.